The van der Waals surface area contributed by atoms with E-state index in [1.54, 1.807) is 7.11 Å². The molecule has 12 nitrogen and oxygen atoms in total. The lowest BCUT2D eigenvalue weighted by Crippen LogP contribution is -2.42. The molecule has 2 heterocycles. The third-order valence-corrected chi connectivity index (χ3v) is 7.19. The third-order valence-electron chi connectivity index (χ3n) is 7.19. The fourth-order valence-electron chi connectivity index (χ4n) is 5.20. The maximum absolute atomic E-state index is 10.3. The molecule has 42 heavy (non-hydrogen) atoms. The van der Waals surface area contributed by atoms with Crippen molar-refractivity contribution in [3.05, 3.63) is 77.4 Å². The van der Waals surface area contributed by atoms with Crippen LogP contribution in [0.4, 0.5) is 0 Å². The molecule has 4 rings (SSSR count). The van der Waals surface area contributed by atoms with Crippen molar-refractivity contribution in [1.29, 1.82) is 0 Å². The van der Waals surface area contributed by atoms with Crippen molar-refractivity contribution in [2.75, 3.05) is 7.11 Å². The van der Waals surface area contributed by atoms with Crippen LogP contribution in [0.1, 0.15) is 54.7 Å². The summed E-state index contributed by atoms with van der Waals surface area (Å²) >= 11 is 0. The first-order valence-electron chi connectivity index (χ1n) is 13.6. The number of hydrogen-bond acceptors (Lipinski definition) is 9. The molecule has 0 radical (unpaired) electrons. The van der Waals surface area contributed by atoms with E-state index in [0.717, 1.165) is 36.7 Å². The zero-order valence-corrected chi connectivity index (χ0v) is 23.7. The van der Waals surface area contributed by atoms with Crippen molar-refractivity contribution < 1.29 is 44.1 Å². The SMILES string of the molecule is COc1ccc(CN(Cc2ccncc2)[C@@H]2CCC[C@H]2Cc2cc(C)no2)cc1.O=C(O)CC(O)(CC(=O)O)C(=O)O. The number of nitrogens with zero attached hydrogens (tertiary/aromatic N) is 3. The molecule has 1 saturated carbocycles. The van der Waals surface area contributed by atoms with Crippen LogP contribution in [0, 0.1) is 12.8 Å². The Balaban J connectivity index is 0.000000316. The number of aliphatic carboxylic acids is 3. The number of pyridine rings is 1. The van der Waals surface area contributed by atoms with E-state index in [1.165, 1.54) is 30.4 Å². The summed E-state index contributed by atoms with van der Waals surface area (Å²) in [4.78, 5) is 37.3. The Morgan fingerprint density at radius 2 is 1.57 bits per heavy atom. The van der Waals surface area contributed by atoms with Crippen molar-refractivity contribution in [1.82, 2.24) is 15.0 Å². The van der Waals surface area contributed by atoms with Gasteiger partial charge in [-0.1, -0.05) is 23.7 Å². The van der Waals surface area contributed by atoms with Gasteiger partial charge < -0.3 is 29.7 Å². The van der Waals surface area contributed by atoms with Crippen LogP contribution in [-0.4, -0.2) is 72.1 Å². The summed E-state index contributed by atoms with van der Waals surface area (Å²) in [7, 11) is 1.71. The molecule has 1 fully saturated rings. The van der Waals surface area contributed by atoms with Gasteiger partial charge in [0.25, 0.3) is 0 Å². The van der Waals surface area contributed by atoms with Gasteiger partial charge in [0.05, 0.1) is 25.6 Å². The molecule has 2 aromatic heterocycles. The summed E-state index contributed by atoms with van der Waals surface area (Å²) in [5.41, 5.74) is 0.828. The molecule has 4 N–H and O–H groups in total. The number of aliphatic hydroxyl groups is 1. The molecule has 1 aliphatic carbocycles. The van der Waals surface area contributed by atoms with E-state index < -0.39 is 36.4 Å². The van der Waals surface area contributed by atoms with Crippen molar-refractivity contribution in [2.45, 2.75) is 70.2 Å². The topological polar surface area (TPSA) is 184 Å². The van der Waals surface area contributed by atoms with Gasteiger partial charge in [-0.05, 0) is 61.1 Å². The highest BCUT2D eigenvalue weighted by atomic mass is 16.5. The lowest BCUT2D eigenvalue weighted by Gasteiger charge is -2.33. The molecule has 1 aliphatic rings. The number of aryl methyl sites for hydroxylation is 1. The largest absolute Gasteiger partial charge is 0.497 e. The monoisotopic (exact) mass is 583 g/mol. The van der Waals surface area contributed by atoms with E-state index >= 15 is 0 Å². The fraction of sp³-hybridized carbons (Fsp3) is 0.433. The van der Waals surface area contributed by atoms with E-state index in [4.69, 9.17) is 29.7 Å². The van der Waals surface area contributed by atoms with Crippen molar-refractivity contribution in [3.8, 4) is 5.75 Å². The highest BCUT2D eigenvalue weighted by molar-refractivity contribution is 5.88. The summed E-state index contributed by atoms with van der Waals surface area (Å²) in [6.45, 7) is 3.83. The Morgan fingerprint density at radius 3 is 2.07 bits per heavy atom. The van der Waals surface area contributed by atoms with E-state index in [2.05, 4.69) is 45.4 Å². The van der Waals surface area contributed by atoms with E-state index in [-0.39, 0.29) is 0 Å². The standard InChI is InChI=1S/C24H29N3O2.C6H8O7/c1-18-14-23(29-26-18)15-21-4-3-5-24(21)27(17-20-10-12-25-13-11-20)16-19-6-8-22(28-2)9-7-19;7-3(8)1-6(13,5(11)12)2-4(9)10/h6-14,21,24H,3-5,15-17H2,1-2H3;13H,1-2H2,(H,7,8)(H,9,10)(H,11,12)/t21-,24+;/m0./s1. The maximum atomic E-state index is 10.3. The van der Waals surface area contributed by atoms with Crippen LogP contribution in [-0.2, 0) is 33.9 Å². The van der Waals surface area contributed by atoms with Crippen molar-refractivity contribution in [3.63, 3.8) is 0 Å². The molecule has 2 atom stereocenters. The number of benzene rings is 1. The molecule has 12 heteroatoms. The zero-order valence-electron chi connectivity index (χ0n) is 23.7. The molecular weight excluding hydrogens is 546 g/mol. The van der Waals surface area contributed by atoms with Gasteiger partial charge >= 0.3 is 17.9 Å². The second-order valence-corrected chi connectivity index (χ2v) is 10.5. The molecule has 0 saturated heterocycles. The number of ether oxygens (including phenoxy) is 1. The molecular formula is C30H37N3O9. The molecule has 0 aliphatic heterocycles. The lowest BCUT2D eigenvalue weighted by atomic mass is 9.95. The smallest absolute Gasteiger partial charge is 0.336 e. The van der Waals surface area contributed by atoms with Crippen LogP contribution in [0.15, 0.2) is 59.4 Å². The van der Waals surface area contributed by atoms with Crippen LogP contribution >= 0.6 is 0 Å². The van der Waals surface area contributed by atoms with Crippen molar-refractivity contribution >= 4 is 17.9 Å². The zero-order chi connectivity index (χ0) is 30.7. The number of hydrogen-bond donors (Lipinski definition) is 4. The second kappa shape index (κ2) is 15.1. The van der Waals surface area contributed by atoms with Crippen LogP contribution in [0.5, 0.6) is 5.75 Å². The van der Waals surface area contributed by atoms with E-state index in [9.17, 15) is 14.4 Å². The molecule has 0 bridgehead atoms. The molecule has 3 aromatic rings. The maximum Gasteiger partial charge on any atom is 0.336 e. The number of rotatable bonds is 13. The molecule has 0 unspecified atom stereocenters. The first-order chi connectivity index (χ1) is 20.0. The van der Waals surface area contributed by atoms with Gasteiger partial charge in [-0.3, -0.25) is 19.5 Å². The number of methoxy groups -OCH3 is 1. The summed E-state index contributed by atoms with van der Waals surface area (Å²) in [6.07, 6.45) is 6.15. The summed E-state index contributed by atoms with van der Waals surface area (Å²) in [6, 6.07) is 15.3. The van der Waals surface area contributed by atoms with Crippen LogP contribution < -0.4 is 4.74 Å². The normalized spacial score (nSPS) is 16.5. The van der Waals surface area contributed by atoms with Gasteiger partial charge in [-0.15, -0.1) is 0 Å². The van der Waals surface area contributed by atoms with Gasteiger partial charge in [0.1, 0.15) is 11.5 Å². The van der Waals surface area contributed by atoms with Gasteiger partial charge in [0.15, 0.2) is 5.60 Å². The average Bonchev–Trinajstić information content (AvgIpc) is 3.57. The minimum atomic E-state index is -2.74. The highest BCUT2D eigenvalue weighted by Gasteiger charge is 2.40. The minimum Gasteiger partial charge on any atom is -0.497 e. The van der Waals surface area contributed by atoms with Crippen LogP contribution in [0.3, 0.4) is 0 Å². The molecule has 1 aromatic carbocycles. The predicted octanol–water partition coefficient (Wildman–Crippen LogP) is 3.55. The Morgan fingerprint density at radius 1 is 0.976 bits per heavy atom. The fourth-order valence-corrected chi connectivity index (χ4v) is 5.20. The quantitative estimate of drug-likeness (QED) is 0.230. The molecule has 0 spiro atoms. The number of aromatic nitrogens is 2. The average molecular weight is 584 g/mol. The summed E-state index contributed by atoms with van der Waals surface area (Å²) < 4.78 is 10.8. The summed E-state index contributed by atoms with van der Waals surface area (Å²) in [5.74, 6) is -2.53. The van der Waals surface area contributed by atoms with E-state index in [0.29, 0.717) is 12.0 Å². The predicted molar refractivity (Wildman–Crippen MR) is 150 cm³/mol. The molecule has 226 valence electrons. The van der Waals surface area contributed by atoms with Crippen molar-refractivity contribution in [2.24, 2.45) is 5.92 Å². The van der Waals surface area contributed by atoms with Gasteiger partial charge in [-0.2, -0.15) is 0 Å². The number of carboxylic acid groups (broad SMARTS) is 3. The highest BCUT2D eigenvalue weighted by Crippen LogP contribution is 2.34. The minimum absolute atomic E-state index is 0.524. The van der Waals surface area contributed by atoms with Gasteiger partial charge in [-0.25, -0.2) is 4.79 Å². The summed E-state index contributed by atoms with van der Waals surface area (Å²) in [5, 5.41) is 37.9. The van der Waals surface area contributed by atoms with E-state index in [1.807, 2.05) is 31.5 Å². The number of carbonyl (C=O) groups is 3. The number of carboxylic acids is 3. The van der Waals surface area contributed by atoms with Gasteiger partial charge in [0, 0.05) is 44.0 Å². The third kappa shape index (κ3) is 9.67. The van der Waals surface area contributed by atoms with Crippen LogP contribution in [0.2, 0.25) is 0 Å². The first kappa shape index (κ1) is 32.2. The second-order valence-electron chi connectivity index (χ2n) is 10.5. The lowest BCUT2D eigenvalue weighted by molar-refractivity contribution is -0.170. The Labute approximate surface area is 243 Å². The Kier molecular flexibility index (Phi) is 11.6. The Hall–Kier alpha value is -4.29. The molecule has 0 amide bonds. The van der Waals surface area contributed by atoms with Crippen LogP contribution in [0.25, 0.3) is 0 Å². The first-order valence-corrected chi connectivity index (χ1v) is 13.6. The Bertz CT molecular complexity index is 1300. The van der Waals surface area contributed by atoms with Gasteiger partial charge in [0.2, 0.25) is 0 Å².